The van der Waals surface area contributed by atoms with Crippen LogP contribution in [0.4, 0.5) is 4.39 Å². The zero-order chi connectivity index (χ0) is 19.7. The second kappa shape index (κ2) is 7.74. The van der Waals surface area contributed by atoms with Crippen LogP contribution in [-0.4, -0.2) is 47.8 Å². The normalized spacial score (nSPS) is 23.1. The van der Waals surface area contributed by atoms with E-state index in [1.807, 2.05) is 12.1 Å². The molecule has 0 bridgehead atoms. The minimum absolute atomic E-state index is 0.159. The highest BCUT2D eigenvalue weighted by atomic mass is 19.1. The van der Waals surface area contributed by atoms with Crippen LogP contribution in [0.25, 0.3) is 10.9 Å². The molecule has 2 heterocycles. The van der Waals surface area contributed by atoms with Gasteiger partial charge in [0, 0.05) is 43.3 Å². The number of hydrogen-bond donors (Lipinski definition) is 1. The van der Waals surface area contributed by atoms with Crippen molar-refractivity contribution >= 4 is 16.8 Å². The summed E-state index contributed by atoms with van der Waals surface area (Å²) >= 11 is 0. The van der Waals surface area contributed by atoms with Crippen molar-refractivity contribution in [3.05, 3.63) is 30.0 Å². The van der Waals surface area contributed by atoms with E-state index in [-0.39, 0.29) is 6.54 Å². The van der Waals surface area contributed by atoms with Crippen molar-refractivity contribution in [2.75, 3.05) is 26.7 Å². The lowest BCUT2D eigenvalue weighted by Crippen LogP contribution is -2.54. The summed E-state index contributed by atoms with van der Waals surface area (Å²) in [5.41, 5.74) is 0.524. The van der Waals surface area contributed by atoms with Gasteiger partial charge in [-0.15, -0.1) is 0 Å². The third kappa shape index (κ3) is 3.88. The van der Waals surface area contributed by atoms with Gasteiger partial charge in [-0.1, -0.05) is 0 Å². The monoisotopic (exact) mass is 387 g/mol. The molecule has 0 spiro atoms. The number of piperidine rings is 1. The number of ether oxygens (including phenoxy) is 1. The van der Waals surface area contributed by atoms with Crippen LogP contribution >= 0.6 is 0 Å². The Labute approximate surface area is 165 Å². The van der Waals surface area contributed by atoms with Gasteiger partial charge >= 0.3 is 0 Å². The lowest BCUT2D eigenvalue weighted by atomic mass is 9.93. The minimum Gasteiger partial charge on any atom is -0.497 e. The summed E-state index contributed by atoms with van der Waals surface area (Å²) in [6.07, 6.45) is 5.45. The average Bonchev–Trinajstić information content (AvgIpc) is 3.47. The van der Waals surface area contributed by atoms with Crippen LogP contribution in [0, 0.1) is 5.92 Å². The number of nitrogens with zero attached hydrogens (tertiary/aromatic N) is 2. The summed E-state index contributed by atoms with van der Waals surface area (Å²) in [6.45, 7) is 5.22. The smallest absolute Gasteiger partial charge is 0.259 e. The number of carbonyl (C=O) groups excluding carboxylic acids is 1. The first kappa shape index (κ1) is 19.2. The number of nitrogens with one attached hydrogen (secondary N) is 1. The largest absolute Gasteiger partial charge is 0.497 e. The summed E-state index contributed by atoms with van der Waals surface area (Å²) in [6, 6.07) is 6.09. The van der Waals surface area contributed by atoms with Gasteiger partial charge in [-0.25, -0.2) is 4.39 Å². The lowest BCUT2D eigenvalue weighted by Gasteiger charge is -2.36. The summed E-state index contributed by atoms with van der Waals surface area (Å²) < 4.78 is 23.0. The Bertz CT molecular complexity index is 861. The Morgan fingerprint density at radius 2 is 2.21 bits per heavy atom. The minimum atomic E-state index is -1.78. The number of carbonyl (C=O) groups is 1. The van der Waals surface area contributed by atoms with Gasteiger partial charge in [0.15, 0.2) is 0 Å². The molecule has 1 aliphatic carbocycles. The van der Waals surface area contributed by atoms with Gasteiger partial charge in [-0.3, -0.25) is 9.69 Å². The van der Waals surface area contributed by atoms with E-state index in [9.17, 15) is 4.79 Å². The van der Waals surface area contributed by atoms with Crippen molar-refractivity contribution in [3.8, 4) is 5.75 Å². The van der Waals surface area contributed by atoms with Crippen LogP contribution in [0.3, 0.4) is 0 Å². The Morgan fingerprint density at radius 1 is 1.39 bits per heavy atom. The number of alkyl halides is 1. The molecule has 1 aromatic carbocycles. The summed E-state index contributed by atoms with van der Waals surface area (Å²) in [5.74, 6) is 0.949. The second-order valence-corrected chi connectivity index (χ2v) is 8.26. The predicted molar refractivity (Wildman–Crippen MR) is 108 cm³/mol. The molecule has 28 heavy (non-hydrogen) atoms. The SMILES string of the molecule is CCn1cc(CN2CCCC(F)(C(=O)NCC3CC3)C2)c2cc(OC)ccc21. The van der Waals surface area contributed by atoms with Crippen LogP contribution in [0.5, 0.6) is 5.75 Å². The first-order valence-electron chi connectivity index (χ1n) is 10.4. The van der Waals surface area contributed by atoms with E-state index in [0.29, 0.717) is 31.8 Å². The molecule has 2 aromatic rings. The van der Waals surface area contributed by atoms with Crippen LogP contribution in [-0.2, 0) is 17.9 Å². The van der Waals surface area contributed by atoms with Gasteiger partial charge in [0.1, 0.15) is 5.75 Å². The fourth-order valence-corrected chi connectivity index (χ4v) is 4.24. The standard InChI is InChI=1S/C22H30FN3O2/c1-3-26-14-17(19-11-18(28-2)7-8-20(19)26)13-25-10-4-9-22(23,15-25)21(27)24-12-16-5-6-16/h7-8,11,14,16H,3-6,9-10,12-13,15H2,1-2H3,(H,24,27). The maximum Gasteiger partial charge on any atom is 0.259 e. The third-order valence-corrected chi connectivity index (χ3v) is 6.08. The van der Waals surface area contributed by atoms with E-state index in [1.165, 1.54) is 0 Å². The van der Waals surface area contributed by atoms with Crippen molar-refractivity contribution in [2.45, 2.75) is 51.4 Å². The highest BCUT2D eigenvalue weighted by Crippen LogP contribution is 2.32. The van der Waals surface area contributed by atoms with Gasteiger partial charge in [0.2, 0.25) is 5.67 Å². The Hall–Kier alpha value is -2.08. The molecule has 4 rings (SSSR count). The van der Waals surface area contributed by atoms with Gasteiger partial charge in [0.05, 0.1) is 7.11 Å². The quantitative estimate of drug-likeness (QED) is 0.791. The molecule has 0 radical (unpaired) electrons. The van der Waals surface area contributed by atoms with Crippen LogP contribution in [0.1, 0.15) is 38.2 Å². The number of aromatic nitrogens is 1. The summed E-state index contributed by atoms with van der Waals surface area (Å²) in [7, 11) is 1.67. The predicted octanol–water partition coefficient (Wildman–Crippen LogP) is 3.50. The van der Waals surface area contributed by atoms with Gasteiger partial charge in [-0.2, -0.15) is 0 Å². The molecule has 5 nitrogen and oxygen atoms in total. The fourth-order valence-electron chi connectivity index (χ4n) is 4.24. The molecule has 6 heteroatoms. The molecule has 1 aromatic heterocycles. The summed E-state index contributed by atoms with van der Waals surface area (Å²) in [5, 5.41) is 3.97. The highest BCUT2D eigenvalue weighted by molar-refractivity contribution is 5.86. The van der Waals surface area contributed by atoms with E-state index < -0.39 is 11.6 Å². The molecular weight excluding hydrogens is 357 g/mol. The zero-order valence-corrected chi connectivity index (χ0v) is 16.8. The van der Waals surface area contributed by atoms with Crippen molar-refractivity contribution < 1.29 is 13.9 Å². The number of amides is 1. The molecule has 1 aliphatic heterocycles. The first-order valence-corrected chi connectivity index (χ1v) is 10.4. The molecular formula is C22H30FN3O2. The molecule has 1 amide bonds. The summed E-state index contributed by atoms with van der Waals surface area (Å²) in [4.78, 5) is 14.5. The highest BCUT2D eigenvalue weighted by Gasteiger charge is 2.43. The first-order chi connectivity index (χ1) is 13.5. The molecule has 1 unspecified atom stereocenters. The number of benzene rings is 1. The Morgan fingerprint density at radius 3 is 2.93 bits per heavy atom. The van der Waals surface area contributed by atoms with Crippen molar-refractivity contribution in [1.82, 2.24) is 14.8 Å². The molecule has 1 saturated heterocycles. The average molecular weight is 387 g/mol. The number of fused-ring (bicyclic) bond motifs is 1. The maximum atomic E-state index is 15.4. The van der Waals surface area contributed by atoms with Gasteiger partial charge in [0.25, 0.3) is 5.91 Å². The lowest BCUT2D eigenvalue weighted by molar-refractivity contribution is -0.136. The number of halogens is 1. The van der Waals surface area contributed by atoms with E-state index in [2.05, 4.69) is 34.0 Å². The fraction of sp³-hybridized carbons (Fsp3) is 0.591. The number of hydrogen-bond acceptors (Lipinski definition) is 3. The molecule has 152 valence electrons. The van der Waals surface area contributed by atoms with Crippen molar-refractivity contribution in [3.63, 3.8) is 0 Å². The number of aryl methyl sites for hydroxylation is 1. The van der Waals surface area contributed by atoms with Crippen LogP contribution in [0.2, 0.25) is 0 Å². The zero-order valence-electron chi connectivity index (χ0n) is 16.8. The van der Waals surface area contributed by atoms with Crippen LogP contribution < -0.4 is 10.1 Å². The third-order valence-electron chi connectivity index (χ3n) is 6.08. The van der Waals surface area contributed by atoms with E-state index in [1.54, 1.807) is 7.11 Å². The molecule has 2 aliphatic rings. The molecule has 1 saturated carbocycles. The molecule has 1 atom stereocenters. The molecule has 2 fully saturated rings. The topological polar surface area (TPSA) is 46.5 Å². The Balaban J connectivity index is 1.50. The van der Waals surface area contributed by atoms with E-state index >= 15 is 4.39 Å². The number of rotatable bonds is 7. The Kier molecular flexibility index (Phi) is 5.32. The molecule has 1 N–H and O–H groups in total. The van der Waals surface area contributed by atoms with Gasteiger partial charge < -0.3 is 14.6 Å². The van der Waals surface area contributed by atoms with Crippen molar-refractivity contribution in [2.24, 2.45) is 5.92 Å². The number of methoxy groups -OCH3 is 1. The second-order valence-electron chi connectivity index (χ2n) is 8.26. The maximum absolute atomic E-state index is 15.4. The van der Waals surface area contributed by atoms with E-state index in [4.69, 9.17) is 4.74 Å². The van der Waals surface area contributed by atoms with Crippen LogP contribution in [0.15, 0.2) is 24.4 Å². The number of likely N-dealkylation sites (tertiary alicyclic amines) is 1. The van der Waals surface area contributed by atoms with E-state index in [0.717, 1.165) is 48.1 Å². The van der Waals surface area contributed by atoms with Crippen molar-refractivity contribution in [1.29, 1.82) is 0 Å². The van der Waals surface area contributed by atoms with Gasteiger partial charge in [-0.05, 0) is 68.8 Å².